The summed E-state index contributed by atoms with van der Waals surface area (Å²) in [6.07, 6.45) is 1.39. The summed E-state index contributed by atoms with van der Waals surface area (Å²) < 4.78 is 1.43. The lowest BCUT2D eigenvalue weighted by Gasteiger charge is -2.07. The number of fused-ring (bicyclic) bond motifs is 1. The minimum absolute atomic E-state index is 0.0160. The lowest BCUT2D eigenvalue weighted by molar-refractivity contribution is -0.384. The number of aromatic nitrogens is 2. The summed E-state index contributed by atoms with van der Waals surface area (Å²) in [6.45, 7) is 0.485. The summed E-state index contributed by atoms with van der Waals surface area (Å²) in [5.74, 6) is 0.287. The van der Waals surface area contributed by atoms with Crippen LogP contribution < -0.4 is 5.32 Å². The van der Waals surface area contributed by atoms with Crippen LogP contribution in [0, 0.1) is 10.1 Å². The van der Waals surface area contributed by atoms with Crippen LogP contribution in [0.4, 0.5) is 11.5 Å². The van der Waals surface area contributed by atoms with Crippen LogP contribution in [0.15, 0.2) is 48.7 Å². The highest BCUT2D eigenvalue weighted by atomic mass is 16.6. The van der Waals surface area contributed by atoms with Gasteiger partial charge in [0.05, 0.1) is 4.92 Å². The molecular weight excluding hydrogens is 268 g/mol. The molecule has 6 heteroatoms. The van der Waals surface area contributed by atoms with Gasteiger partial charge in [0.15, 0.2) is 0 Å². The predicted molar refractivity (Wildman–Crippen MR) is 81.1 cm³/mol. The standard InChI is InChI=1S/C15H14N4O2/c1-18-10-14(19(20)21)15(17-18)16-9-12-7-4-6-11-5-2-3-8-13(11)12/h2-8,10H,9H2,1H3,(H,16,17). The topological polar surface area (TPSA) is 73.0 Å². The summed E-state index contributed by atoms with van der Waals surface area (Å²) in [5.41, 5.74) is 1.06. The molecule has 0 aliphatic carbocycles. The Bertz CT molecular complexity index is 805. The van der Waals surface area contributed by atoms with Crippen LogP contribution in [0.25, 0.3) is 10.8 Å². The van der Waals surface area contributed by atoms with Crippen molar-refractivity contribution >= 4 is 22.3 Å². The number of hydrogen-bond acceptors (Lipinski definition) is 4. The second-order valence-electron chi connectivity index (χ2n) is 4.79. The highest BCUT2D eigenvalue weighted by Gasteiger charge is 2.18. The van der Waals surface area contributed by atoms with Gasteiger partial charge in [-0.15, -0.1) is 5.10 Å². The normalized spacial score (nSPS) is 10.7. The van der Waals surface area contributed by atoms with Gasteiger partial charge in [-0.2, -0.15) is 0 Å². The van der Waals surface area contributed by atoms with Gasteiger partial charge in [0.25, 0.3) is 0 Å². The Labute approximate surface area is 121 Å². The summed E-state index contributed by atoms with van der Waals surface area (Å²) >= 11 is 0. The predicted octanol–water partition coefficient (Wildman–Crippen LogP) is 3.09. The average Bonchev–Trinajstić information content (AvgIpc) is 2.86. The van der Waals surface area contributed by atoms with E-state index in [0.29, 0.717) is 6.54 Å². The summed E-state index contributed by atoms with van der Waals surface area (Å²) in [7, 11) is 1.66. The molecule has 3 rings (SSSR count). The maximum absolute atomic E-state index is 11.0. The van der Waals surface area contributed by atoms with Gasteiger partial charge in [0.2, 0.25) is 5.82 Å². The average molecular weight is 282 g/mol. The first kappa shape index (κ1) is 13.1. The molecule has 0 spiro atoms. The van der Waals surface area contributed by atoms with Gasteiger partial charge >= 0.3 is 5.69 Å². The van der Waals surface area contributed by atoms with Crippen LogP contribution in [0.1, 0.15) is 5.56 Å². The molecule has 0 saturated carbocycles. The van der Waals surface area contributed by atoms with Crippen molar-refractivity contribution in [2.45, 2.75) is 6.54 Å². The van der Waals surface area contributed by atoms with Gasteiger partial charge in [0.1, 0.15) is 6.20 Å². The quantitative estimate of drug-likeness (QED) is 0.589. The molecule has 1 aromatic heterocycles. The molecule has 0 aliphatic heterocycles. The van der Waals surface area contributed by atoms with Crippen LogP contribution >= 0.6 is 0 Å². The Hall–Kier alpha value is -2.89. The van der Waals surface area contributed by atoms with E-state index in [1.54, 1.807) is 7.05 Å². The van der Waals surface area contributed by atoms with E-state index in [2.05, 4.69) is 10.4 Å². The summed E-state index contributed by atoms with van der Waals surface area (Å²) in [5, 5.41) is 20.4. The third-order valence-electron chi connectivity index (χ3n) is 3.33. The number of anilines is 1. The van der Waals surface area contributed by atoms with Crippen molar-refractivity contribution in [2.24, 2.45) is 7.05 Å². The van der Waals surface area contributed by atoms with Crippen molar-refractivity contribution in [1.82, 2.24) is 9.78 Å². The zero-order chi connectivity index (χ0) is 14.8. The van der Waals surface area contributed by atoms with E-state index in [1.807, 2.05) is 42.5 Å². The molecule has 0 aliphatic rings. The van der Waals surface area contributed by atoms with Crippen molar-refractivity contribution in [2.75, 3.05) is 5.32 Å². The molecule has 1 N–H and O–H groups in total. The number of benzene rings is 2. The smallest absolute Gasteiger partial charge is 0.330 e. The molecule has 0 radical (unpaired) electrons. The molecule has 0 fully saturated rings. The zero-order valence-corrected chi connectivity index (χ0v) is 11.5. The van der Waals surface area contributed by atoms with Crippen LogP contribution in [-0.2, 0) is 13.6 Å². The monoisotopic (exact) mass is 282 g/mol. The third kappa shape index (κ3) is 2.55. The number of nitrogens with one attached hydrogen (secondary N) is 1. The lowest BCUT2D eigenvalue weighted by Crippen LogP contribution is -2.03. The van der Waals surface area contributed by atoms with E-state index in [9.17, 15) is 10.1 Å². The molecular formula is C15H14N4O2. The minimum atomic E-state index is -0.432. The number of rotatable bonds is 4. The molecule has 6 nitrogen and oxygen atoms in total. The Morgan fingerprint density at radius 3 is 2.81 bits per heavy atom. The minimum Gasteiger partial charge on any atom is -0.359 e. The van der Waals surface area contributed by atoms with Gasteiger partial charge in [-0.3, -0.25) is 14.8 Å². The SMILES string of the molecule is Cn1cc([N+](=O)[O-])c(NCc2cccc3ccccc23)n1. The Morgan fingerprint density at radius 2 is 2.00 bits per heavy atom. The van der Waals surface area contributed by atoms with E-state index in [1.165, 1.54) is 10.9 Å². The highest BCUT2D eigenvalue weighted by molar-refractivity contribution is 5.85. The fourth-order valence-electron chi connectivity index (χ4n) is 2.36. The number of hydrogen-bond donors (Lipinski definition) is 1. The first-order valence-electron chi connectivity index (χ1n) is 6.53. The van der Waals surface area contributed by atoms with Crippen molar-refractivity contribution < 1.29 is 4.92 Å². The first-order valence-corrected chi connectivity index (χ1v) is 6.53. The number of nitro groups is 1. The molecule has 0 amide bonds. The lowest BCUT2D eigenvalue weighted by atomic mass is 10.0. The molecule has 3 aromatic rings. The van der Waals surface area contributed by atoms with E-state index in [4.69, 9.17) is 0 Å². The molecule has 1 heterocycles. The molecule has 0 atom stereocenters. The highest BCUT2D eigenvalue weighted by Crippen LogP contribution is 2.24. The molecule has 0 unspecified atom stereocenters. The Kier molecular flexibility index (Phi) is 3.27. The van der Waals surface area contributed by atoms with Gasteiger partial charge < -0.3 is 5.32 Å². The fraction of sp³-hybridized carbons (Fsp3) is 0.133. The maximum atomic E-state index is 11.0. The largest absolute Gasteiger partial charge is 0.359 e. The molecule has 106 valence electrons. The van der Waals surface area contributed by atoms with E-state index >= 15 is 0 Å². The van der Waals surface area contributed by atoms with E-state index < -0.39 is 4.92 Å². The second kappa shape index (κ2) is 5.24. The zero-order valence-electron chi connectivity index (χ0n) is 11.5. The Balaban J connectivity index is 1.89. The van der Waals surface area contributed by atoms with Crippen molar-refractivity contribution in [3.63, 3.8) is 0 Å². The van der Waals surface area contributed by atoms with Gasteiger partial charge in [-0.25, -0.2) is 0 Å². The van der Waals surface area contributed by atoms with Gasteiger partial charge in [-0.05, 0) is 16.3 Å². The summed E-state index contributed by atoms with van der Waals surface area (Å²) in [4.78, 5) is 10.5. The van der Waals surface area contributed by atoms with Crippen molar-refractivity contribution in [1.29, 1.82) is 0 Å². The number of aryl methyl sites for hydroxylation is 1. The molecule has 0 bridgehead atoms. The van der Waals surface area contributed by atoms with Crippen LogP contribution in [0.3, 0.4) is 0 Å². The Morgan fingerprint density at radius 1 is 1.24 bits per heavy atom. The van der Waals surface area contributed by atoms with Crippen LogP contribution in [-0.4, -0.2) is 14.7 Å². The molecule has 0 saturated heterocycles. The van der Waals surface area contributed by atoms with Crippen LogP contribution in [0.5, 0.6) is 0 Å². The second-order valence-corrected chi connectivity index (χ2v) is 4.79. The summed E-state index contributed by atoms with van der Waals surface area (Å²) in [6, 6.07) is 14.1. The van der Waals surface area contributed by atoms with E-state index in [0.717, 1.165) is 16.3 Å². The van der Waals surface area contributed by atoms with E-state index in [-0.39, 0.29) is 11.5 Å². The maximum Gasteiger partial charge on any atom is 0.330 e. The van der Waals surface area contributed by atoms with Gasteiger partial charge in [-0.1, -0.05) is 42.5 Å². The third-order valence-corrected chi connectivity index (χ3v) is 3.33. The first-order chi connectivity index (χ1) is 10.1. The van der Waals surface area contributed by atoms with Crippen molar-refractivity contribution in [3.8, 4) is 0 Å². The molecule has 21 heavy (non-hydrogen) atoms. The van der Waals surface area contributed by atoms with Gasteiger partial charge in [0, 0.05) is 13.6 Å². The molecule has 2 aromatic carbocycles. The van der Waals surface area contributed by atoms with Crippen LogP contribution in [0.2, 0.25) is 0 Å². The number of nitrogens with zero attached hydrogens (tertiary/aromatic N) is 3. The fourth-order valence-corrected chi connectivity index (χ4v) is 2.36. The van der Waals surface area contributed by atoms with Crippen molar-refractivity contribution in [3.05, 3.63) is 64.3 Å².